The van der Waals surface area contributed by atoms with E-state index in [1.807, 2.05) is 31.2 Å². The first kappa shape index (κ1) is 16.6. The average molecular weight is 328 g/mol. The van der Waals surface area contributed by atoms with Crippen molar-refractivity contribution in [3.8, 4) is 0 Å². The first-order valence-electron chi connectivity index (χ1n) is 6.88. The van der Waals surface area contributed by atoms with E-state index in [9.17, 15) is 10.1 Å². The van der Waals surface area contributed by atoms with E-state index in [1.54, 1.807) is 19.1 Å². The zero-order valence-electron chi connectivity index (χ0n) is 12.7. The summed E-state index contributed by atoms with van der Waals surface area (Å²) in [5.74, 6) is 0. The third-order valence-corrected chi connectivity index (χ3v) is 3.27. The van der Waals surface area contributed by atoms with E-state index in [-0.39, 0.29) is 5.69 Å². The number of rotatable bonds is 4. The molecule has 2 N–H and O–H groups in total. The highest BCUT2D eigenvalue weighted by Gasteiger charge is 2.07. The van der Waals surface area contributed by atoms with Crippen LogP contribution in [-0.2, 0) is 0 Å². The summed E-state index contributed by atoms with van der Waals surface area (Å²) in [5, 5.41) is 18.3. The highest BCUT2D eigenvalue weighted by molar-refractivity contribution is 7.80. The lowest BCUT2D eigenvalue weighted by atomic mass is 10.1. The number of thiocarbonyl (C=S) groups is 1. The molecular formula is C16H16N4O2S. The van der Waals surface area contributed by atoms with Crippen molar-refractivity contribution >= 4 is 34.4 Å². The van der Waals surface area contributed by atoms with Gasteiger partial charge in [-0.2, -0.15) is 5.10 Å². The molecule has 0 aliphatic rings. The number of nitro groups is 1. The largest absolute Gasteiger partial charge is 0.331 e. The number of non-ortho nitro benzene ring substituents is 1. The maximum atomic E-state index is 10.8. The van der Waals surface area contributed by atoms with Gasteiger partial charge in [0.2, 0.25) is 0 Å². The van der Waals surface area contributed by atoms with Crippen LogP contribution in [0.2, 0.25) is 0 Å². The summed E-state index contributed by atoms with van der Waals surface area (Å²) in [6.07, 6.45) is 0. The number of hydrogen-bond donors (Lipinski definition) is 2. The molecule has 0 bridgehead atoms. The maximum Gasteiger partial charge on any atom is 0.270 e. The Labute approximate surface area is 139 Å². The van der Waals surface area contributed by atoms with Crippen molar-refractivity contribution in [1.29, 1.82) is 0 Å². The summed E-state index contributed by atoms with van der Waals surface area (Å²) in [6.45, 7) is 3.74. The zero-order valence-corrected chi connectivity index (χ0v) is 13.6. The Morgan fingerprint density at radius 1 is 1.22 bits per heavy atom. The molecule has 0 heterocycles. The summed E-state index contributed by atoms with van der Waals surface area (Å²) >= 11 is 5.18. The van der Waals surface area contributed by atoms with Gasteiger partial charge in [-0.25, -0.2) is 0 Å². The highest BCUT2D eigenvalue weighted by atomic mass is 32.1. The smallest absolute Gasteiger partial charge is 0.270 e. The molecule has 0 atom stereocenters. The van der Waals surface area contributed by atoms with E-state index in [4.69, 9.17) is 12.2 Å². The topological polar surface area (TPSA) is 79.6 Å². The molecule has 2 rings (SSSR count). The Morgan fingerprint density at radius 3 is 2.65 bits per heavy atom. The summed E-state index contributed by atoms with van der Waals surface area (Å²) in [6, 6.07) is 14.1. The van der Waals surface area contributed by atoms with Crippen LogP contribution in [0.5, 0.6) is 0 Å². The van der Waals surface area contributed by atoms with Gasteiger partial charge in [0.15, 0.2) is 5.11 Å². The second-order valence-corrected chi connectivity index (χ2v) is 5.35. The van der Waals surface area contributed by atoms with Crippen LogP contribution in [0.1, 0.15) is 18.1 Å². The van der Waals surface area contributed by atoms with E-state index in [2.05, 4.69) is 15.8 Å². The monoisotopic (exact) mass is 328 g/mol. The van der Waals surface area contributed by atoms with Crippen molar-refractivity contribution in [3.63, 3.8) is 0 Å². The van der Waals surface area contributed by atoms with Crippen LogP contribution in [0.4, 0.5) is 11.4 Å². The van der Waals surface area contributed by atoms with Crippen molar-refractivity contribution < 1.29 is 4.92 Å². The van der Waals surface area contributed by atoms with Crippen LogP contribution >= 0.6 is 12.2 Å². The molecule has 0 unspecified atom stereocenters. The third-order valence-electron chi connectivity index (χ3n) is 3.08. The fraction of sp³-hybridized carbons (Fsp3) is 0.125. The predicted molar refractivity (Wildman–Crippen MR) is 95.8 cm³/mol. The number of hydrogen-bond acceptors (Lipinski definition) is 4. The van der Waals surface area contributed by atoms with Gasteiger partial charge in [-0.15, -0.1) is 0 Å². The Hall–Kier alpha value is -2.80. The van der Waals surface area contributed by atoms with Gasteiger partial charge in [0, 0.05) is 23.4 Å². The molecule has 0 aliphatic carbocycles. The Kier molecular flexibility index (Phi) is 5.37. The summed E-state index contributed by atoms with van der Waals surface area (Å²) in [4.78, 5) is 10.4. The van der Waals surface area contributed by atoms with Gasteiger partial charge in [0.05, 0.1) is 10.6 Å². The number of benzene rings is 2. The number of aryl methyl sites for hydroxylation is 1. The Balaban J connectivity index is 2.02. The number of anilines is 1. The molecule has 118 valence electrons. The van der Waals surface area contributed by atoms with Crippen LogP contribution in [-0.4, -0.2) is 15.7 Å². The van der Waals surface area contributed by atoms with Gasteiger partial charge in [0.25, 0.3) is 5.69 Å². The second kappa shape index (κ2) is 7.46. The number of nitrogens with zero attached hydrogens (tertiary/aromatic N) is 2. The Bertz CT molecular complexity index is 774. The molecular weight excluding hydrogens is 312 g/mol. The standard InChI is InChI=1S/C16H16N4O2S/c1-11-5-3-7-14(9-11)17-16(23)19-18-12(2)13-6-4-8-15(10-13)20(21)22/h3-10H,1-2H3,(H2,17,19,23)/b18-12+. The van der Waals surface area contributed by atoms with Crippen molar-refractivity contribution in [2.45, 2.75) is 13.8 Å². The van der Waals surface area contributed by atoms with Crippen molar-refractivity contribution in [3.05, 3.63) is 69.8 Å². The molecule has 0 radical (unpaired) electrons. The molecule has 6 nitrogen and oxygen atoms in total. The Morgan fingerprint density at radius 2 is 1.96 bits per heavy atom. The van der Waals surface area contributed by atoms with Crippen molar-refractivity contribution in [1.82, 2.24) is 5.43 Å². The van der Waals surface area contributed by atoms with E-state index in [0.29, 0.717) is 16.4 Å². The summed E-state index contributed by atoms with van der Waals surface area (Å²) in [7, 11) is 0. The fourth-order valence-corrected chi connectivity index (χ4v) is 2.09. The number of nitrogens with one attached hydrogen (secondary N) is 2. The minimum absolute atomic E-state index is 0.0255. The molecule has 2 aromatic carbocycles. The van der Waals surface area contributed by atoms with Crippen LogP contribution in [0, 0.1) is 17.0 Å². The molecule has 0 aliphatic heterocycles. The van der Waals surface area contributed by atoms with E-state index in [0.717, 1.165) is 11.3 Å². The summed E-state index contributed by atoms with van der Waals surface area (Å²) in [5.41, 5.74) is 6.00. The molecule has 23 heavy (non-hydrogen) atoms. The molecule has 2 aromatic rings. The van der Waals surface area contributed by atoms with Gasteiger partial charge < -0.3 is 5.32 Å². The predicted octanol–water partition coefficient (Wildman–Crippen LogP) is 3.61. The lowest BCUT2D eigenvalue weighted by molar-refractivity contribution is -0.384. The van der Waals surface area contributed by atoms with Gasteiger partial charge >= 0.3 is 0 Å². The minimum atomic E-state index is -0.436. The van der Waals surface area contributed by atoms with Crippen LogP contribution in [0.3, 0.4) is 0 Å². The van der Waals surface area contributed by atoms with Crippen LogP contribution in [0.15, 0.2) is 53.6 Å². The van der Waals surface area contributed by atoms with Crippen LogP contribution < -0.4 is 10.7 Å². The molecule has 7 heteroatoms. The average Bonchev–Trinajstić information content (AvgIpc) is 2.52. The number of nitro benzene ring substituents is 1. The van der Waals surface area contributed by atoms with Crippen molar-refractivity contribution in [2.24, 2.45) is 5.10 Å². The van der Waals surface area contributed by atoms with Gasteiger partial charge in [-0.3, -0.25) is 15.5 Å². The molecule has 0 amide bonds. The van der Waals surface area contributed by atoms with Crippen molar-refractivity contribution in [2.75, 3.05) is 5.32 Å². The highest BCUT2D eigenvalue weighted by Crippen LogP contribution is 2.13. The first-order chi connectivity index (χ1) is 11.0. The zero-order chi connectivity index (χ0) is 16.8. The van der Waals surface area contributed by atoms with Gasteiger partial charge in [0.1, 0.15) is 0 Å². The molecule has 0 saturated heterocycles. The second-order valence-electron chi connectivity index (χ2n) is 4.94. The molecule has 0 aromatic heterocycles. The first-order valence-corrected chi connectivity index (χ1v) is 7.29. The van der Waals surface area contributed by atoms with E-state index >= 15 is 0 Å². The lowest BCUT2D eigenvalue weighted by Crippen LogP contribution is -2.25. The molecule has 0 saturated carbocycles. The lowest BCUT2D eigenvalue weighted by Gasteiger charge is -2.08. The fourth-order valence-electron chi connectivity index (χ4n) is 1.93. The van der Waals surface area contributed by atoms with E-state index < -0.39 is 4.92 Å². The minimum Gasteiger partial charge on any atom is -0.331 e. The van der Waals surface area contributed by atoms with Gasteiger partial charge in [-0.1, -0.05) is 24.3 Å². The van der Waals surface area contributed by atoms with E-state index in [1.165, 1.54) is 12.1 Å². The van der Waals surface area contributed by atoms with Gasteiger partial charge in [-0.05, 0) is 43.8 Å². The third kappa shape index (κ3) is 4.86. The normalized spacial score (nSPS) is 11.0. The quantitative estimate of drug-likeness (QED) is 0.388. The maximum absolute atomic E-state index is 10.8. The number of hydrazone groups is 1. The molecule has 0 fully saturated rings. The van der Waals surface area contributed by atoms with Crippen LogP contribution in [0.25, 0.3) is 0 Å². The summed E-state index contributed by atoms with van der Waals surface area (Å²) < 4.78 is 0. The molecule has 0 spiro atoms. The SMILES string of the molecule is C/C(=N\NC(=S)Nc1cccc(C)c1)c1cccc([N+](=O)[O-])c1.